The lowest BCUT2D eigenvalue weighted by atomic mass is 9.81. The van der Waals surface area contributed by atoms with Gasteiger partial charge in [0, 0.05) is 12.9 Å². The molecule has 0 amide bonds. The summed E-state index contributed by atoms with van der Waals surface area (Å²) >= 11 is 0. The van der Waals surface area contributed by atoms with Crippen molar-refractivity contribution in [3.8, 4) is 0 Å². The van der Waals surface area contributed by atoms with Gasteiger partial charge in [-0.2, -0.15) is 0 Å². The van der Waals surface area contributed by atoms with Crippen LogP contribution in [-0.4, -0.2) is 33.2 Å². The van der Waals surface area contributed by atoms with Crippen LogP contribution in [0, 0.1) is 0 Å². The average molecular weight is 276 g/mol. The van der Waals surface area contributed by atoms with Crippen molar-refractivity contribution in [2.45, 2.75) is 38.5 Å². The molecule has 1 unspecified atom stereocenters. The molecule has 0 radical (unpaired) electrons. The Bertz CT molecular complexity index is 397. The highest BCUT2D eigenvalue weighted by atomic mass is 16.7. The standard InChI is InChI=1S/C15H21BO4/c1-2-8-17-15(3-1)18-12-14-6-4-13(5-7-14)11-16-19-9-10-20-16/h4-7,15H,1-3,8-12H2. The highest BCUT2D eigenvalue weighted by Gasteiger charge is 2.23. The zero-order chi connectivity index (χ0) is 13.6. The minimum Gasteiger partial charge on any atom is -0.409 e. The molecule has 0 aromatic heterocycles. The topological polar surface area (TPSA) is 36.9 Å². The molecule has 2 heterocycles. The van der Waals surface area contributed by atoms with Crippen molar-refractivity contribution in [2.24, 2.45) is 0 Å². The maximum Gasteiger partial charge on any atom is 0.461 e. The molecule has 0 aliphatic carbocycles. The van der Waals surface area contributed by atoms with Gasteiger partial charge < -0.3 is 18.8 Å². The van der Waals surface area contributed by atoms with Gasteiger partial charge in [0.15, 0.2) is 6.29 Å². The number of rotatable bonds is 5. The van der Waals surface area contributed by atoms with Crippen molar-refractivity contribution < 1.29 is 18.8 Å². The molecule has 1 aromatic rings. The van der Waals surface area contributed by atoms with E-state index < -0.39 is 0 Å². The molecule has 0 spiro atoms. The number of ether oxygens (including phenoxy) is 2. The highest BCUT2D eigenvalue weighted by Crippen LogP contribution is 2.16. The Morgan fingerprint density at radius 1 is 1.00 bits per heavy atom. The molecule has 4 nitrogen and oxygen atoms in total. The lowest BCUT2D eigenvalue weighted by Gasteiger charge is -2.22. The summed E-state index contributed by atoms with van der Waals surface area (Å²) < 4.78 is 22.2. The third kappa shape index (κ3) is 4.06. The van der Waals surface area contributed by atoms with Crippen LogP contribution >= 0.6 is 0 Å². The molecule has 2 saturated heterocycles. The van der Waals surface area contributed by atoms with Crippen LogP contribution in [0.15, 0.2) is 24.3 Å². The van der Waals surface area contributed by atoms with Crippen molar-refractivity contribution in [3.63, 3.8) is 0 Å². The summed E-state index contributed by atoms with van der Waals surface area (Å²) in [5.74, 6) is 0. The first-order chi connectivity index (χ1) is 9.90. The van der Waals surface area contributed by atoms with Gasteiger partial charge in [-0.05, 0) is 30.4 Å². The Kier molecular flexibility index (Phi) is 5.09. The van der Waals surface area contributed by atoms with E-state index in [0.29, 0.717) is 19.8 Å². The first kappa shape index (κ1) is 14.1. The second-order valence-electron chi connectivity index (χ2n) is 5.30. The van der Waals surface area contributed by atoms with Gasteiger partial charge in [-0.25, -0.2) is 0 Å². The van der Waals surface area contributed by atoms with Gasteiger partial charge in [-0.1, -0.05) is 24.3 Å². The molecule has 3 rings (SSSR count). The lowest BCUT2D eigenvalue weighted by molar-refractivity contribution is -0.168. The Labute approximate surface area is 120 Å². The van der Waals surface area contributed by atoms with E-state index in [0.717, 1.165) is 25.8 Å². The van der Waals surface area contributed by atoms with E-state index in [2.05, 4.69) is 24.3 Å². The van der Waals surface area contributed by atoms with E-state index in [4.69, 9.17) is 18.8 Å². The van der Waals surface area contributed by atoms with Crippen molar-refractivity contribution in [3.05, 3.63) is 35.4 Å². The lowest BCUT2D eigenvalue weighted by Crippen LogP contribution is -2.22. The van der Waals surface area contributed by atoms with Gasteiger partial charge >= 0.3 is 7.12 Å². The molecule has 1 aromatic carbocycles. The van der Waals surface area contributed by atoms with Crippen molar-refractivity contribution in [1.29, 1.82) is 0 Å². The zero-order valence-corrected chi connectivity index (χ0v) is 11.8. The van der Waals surface area contributed by atoms with E-state index in [1.165, 1.54) is 17.5 Å². The Hall–Kier alpha value is -0.875. The van der Waals surface area contributed by atoms with Crippen LogP contribution in [0.25, 0.3) is 0 Å². The third-order valence-corrected chi connectivity index (χ3v) is 3.69. The van der Waals surface area contributed by atoms with E-state index in [-0.39, 0.29) is 13.4 Å². The summed E-state index contributed by atoms with van der Waals surface area (Å²) in [7, 11) is -0.0762. The molecule has 0 bridgehead atoms. The molecule has 2 aliphatic rings. The summed E-state index contributed by atoms with van der Waals surface area (Å²) in [5, 5.41) is 0. The first-order valence-electron chi connectivity index (χ1n) is 7.44. The fourth-order valence-corrected chi connectivity index (χ4v) is 2.52. The smallest absolute Gasteiger partial charge is 0.409 e. The Morgan fingerprint density at radius 2 is 1.75 bits per heavy atom. The van der Waals surface area contributed by atoms with Gasteiger partial charge in [-0.3, -0.25) is 0 Å². The number of hydrogen-bond donors (Lipinski definition) is 0. The maximum atomic E-state index is 5.77. The normalized spacial score (nSPS) is 23.2. The van der Waals surface area contributed by atoms with Crippen LogP contribution in [0.3, 0.4) is 0 Å². The first-order valence-corrected chi connectivity index (χ1v) is 7.44. The van der Waals surface area contributed by atoms with Crippen molar-refractivity contribution in [2.75, 3.05) is 19.8 Å². The van der Waals surface area contributed by atoms with Gasteiger partial charge in [0.25, 0.3) is 0 Å². The van der Waals surface area contributed by atoms with E-state index >= 15 is 0 Å². The molecule has 0 saturated carbocycles. The van der Waals surface area contributed by atoms with Crippen LogP contribution in [0.5, 0.6) is 0 Å². The van der Waals surface area contributed by atoms with Crippen molar-refractivity contribution in [1.82, 2.24) is 0 Å². The summed E-state index contributed by atoms with van der Waals surface area (Å²) in [4.78, 5) is 0. The van der Waals surface area contributed by atoms with Gasteiger partial charge in [0.05, 0.1) is 19.8 Å². The predicted octanol–water partition coefficient (Wildman–Crippen LogP) is 2.35. The minimum atomic E-state index is -0.0762. The second kappa shape index (κ2) is 7.22. The molecular formula is C15H21BO4. The molecule has 5 heteroatoms. The summed E-state index contributed by atoms with van der Waals surface area (Å²) in [5.41, 5.74) is 2.41. The van der Waals surface area contributed by atoms with E-state index in [1.54, 1.807) is 0 Å². The summed E-state index contributed by atoms with van der Waals surface area (Å²) in [6.07, 6.45) is 4.15. The minimum absolute atomic E-state index is 0.0243. The molecule has 20 heavy (non-hydrogen) atoms. The zero-order valence-electron chi connectivity index (χ0n) is 11.8. The third-order valence-electron chi connectivity index (χ3n) is 3.69. The number of benzene rings is 1. The van der Waals surface area contributed by atoms with Gasteiger partial charge in [-0.15, -0.1) is 0 Å². The van der Waals surface area contributed by atoms with E-state index in [9.17, 15) is 0 Å². The fraction of sp³-hybridized carbons (Fsp3) is 0.600. The Morgan fingerprint density at radius 3 is 2.45 bits per heavy atom. The molecular weight excluding hydrogens is 255 g/mol. The van der Waals surface area contributed by atoms with Crippen LogP contribution in [0.4, 0.5) is 0 Å². The molecule has 1 atom stereocenters. The largest absolute Gasteiger partial charge is 0.461 e. The van der Waals surface area contributed by atoms with Gasteiger partial charge in [0.1, 0.15) is 0 Å². The quantitative estimate of drug-likeness (QED) is 0.773. The highest BCUT2D eigenvalue weighted by molar-refractivity contribution is 6.44. The van der Waals surface area contributed by atoms with Gasteiger partial charge in [0.2, 0.25) is 0 Å². The SMILES string of the molecule is c1cc(CB2OCCO2)ccc1COC1CCCCO1. The summed E-state index contributed by atoms with van der Waals surface area (Å²) in [6, 6.07) is 8.44. The van der Waals surface area contributed by atoms with Crippen LogP contribution in [-0.2, 0) is 31.7 Å². The molecule has 2 aliphatic heterocycles. The monoisotopic (exact) mass is 276 g/mol. The Balaban J connectivity index is 1.45. The number of hydrogen-bond acceptors (Lipinski definition) is 4. The van der Waals surface area contributed by atoms with Crippen LogP contribution in [0.2, 0.25) is 0 Å². The second-order valence-corrected chi connectivity index (χ2v) is 5.30. The van der Waals surface area contributed by atoms with E-state index in [1.807, 2.05) is 0 Å². The van der Waals surface area contributed by atoms with Crippen LogP contribution in [0.1, 0.15) is 30.4 Å². The fourth-order valence-electron chi connectivity index (χ4n) is 2.52. The molecule has 108 valence electrons. The molecule has 2 fully saturated rings. The maximum absolute atomic E-state index is 5.77. The summed E-state index contributed by atoms with van der Waals surface area (Å²) in [6.45, 7) is 2.85. The molecule has 0 N–H and O–H groups in total. The predicted molar refractivity (Wildman–Crippen MR) is 76.2 cm³/mol. The average Bonchev–Trinajstić information content (AvgIpc) is 3.01. The van der Waals surface area contributed by atoms with Crippen LogP contribution < -0.4 is 0 Å². The van der Waals surface area contributed by atoms with Crippen molar-refractivity contribution >= 4 is 7.12 Å².